The zero-order chi connectivity index (χ0) is 12.5. The van der Waals surface area contributed by atoms with Crippen molar-refractivity contribution < 1.29 is 4.74 Å². The molecule has 1 saturated carbocycles. The Morgan fingerprint density at radius 2 is 2.33 bits per heavy atom. The average Bonchev–Trinajstić information content (AvgIpc) is 3.08. The molecule has 0 bridgehead atoms. The number of likely N-dealkylation sites (N-methyl/N-ethyl adjacent to an activating group) is 1. The molecule has 0 saturated heterocycles. The second kappa shape index (κ2) is 4.41. The Kier molecular flexibility index (Phi) is 2.75. The summed E-state index contributed by atoms with van der Waals surface area (Å²) in [6, 6.07) is 0.733. The number of aromatic amines is 1. The van der Waals surface area contributed by atoms with Gasteiger partial charge in [0.1, 0.15) is 12.1 Å². The number of H-pyrrole nitrogens is 1. The molecule has 7 heteroatoms. The number of imidazole rings is 1. The van der Waals surface area contributed by atoms with Crippen molar-refractivity contribution in [2.45, 2.75) is 18.9 Å². The van der Waals surface area contributed by atoms with E-state index in [4.69, 9.17) is 10.5 Å². The molecule has 0 aliphatic heterocycles. The molecule has 2 aromatic rings. The van der Waals surface area contributed by atoms with Gasteiger partial charge in [-0.05, 0) is 19.9 Å². The van der Waals surface area contributed by atoms with Crippen molar-refractivity contribution >= 4 is 17.1 Å². The fraction of sp³-hybridized carbons (Fsp3) is 0.545. The molecule has 0 aromatic carbocycles. The van der Waals surface area contributed by atoms with Crippen LogP contribution in [0.4, 0.5) is 5.95 Å². The highest BCUT2D eigenvalue weighted by molar-refractivity contribution is 5.76. The van der Waals surface area contributed by atoms with Crippen molar-refractivity contribution in [1.82, 2.24) is 24.8 Å². The van der Waals surface area contributed by atoms with Crippen molar-refractivity contribution in [2.75, 3.05) is 25.9 Å². The third-order valence-electron chi connectivity index (χ3n) is 3.12. The lowest BCUT2D eigenvalue weighted by molar-refractivity contribution is 0.228. The topological polar surface area (TPSA) is 92.9 Å². The van der Waals surface area contributed by atoms with Crippen molar-refractivity contribution in [3.8, 4) is 5.88 Å². The third-order valence-corrected chi connectivity index (χ3v) is 3.12. The molecule has 2 heterocycles. The van der Waals surface area contributed by atoms with Gasteiger partial charge in [0.15, 0.2) is 5.65 Å². The molecule has 7 nitrogen and oxygen atoms in total. The highest BCUT2D eigenvalue weighted by Crippen LogP contribution is 2.25. The lowest BCUT2D eigenvalue weighted by atomic mass is 10.5. The van der Waals surface area contributed by atoms with E-state index in [1.54, 1.807) is 6.33 Å². The van der Waals surface area contributed by atoms with E-state index in [-0.39, 0.29) is 5.95 Å². The van der Waals surface area contributed by atoms with E-state index in [0.29, 0.717) is 23.7 Å². The van der Waals surface area contributed by atoms with E-state index in [2.05, 4.69) is 31.9 Å². The summed E-state index contributed by atoms with van der Waals surface area (Å²) in [5.41, 5.74) is 6.84. The number of aromatic nitrogens is 4. The smallest absolute Gasteiger partial charge is 0.245 e. The zero-order valence-electron chi connectivity index (χ0n) is 10.3. The first-order chi connectivity index (χ1) is 8.74. The monoisotopic (exact) mass is 248 g/mol. The fourth-order valence-corrected chi connectivity index (χ4v) is 1.91. The summed E-state index contributed by atoms with van der Waals surface area (Å²) in [7, 11) is 2.11. The lowest BCUT2D eigenvalue weighted by Crippen LogP contribution is -2.26. The number of nitrogens with two attached hydrogens (primary N) is 1. The summed E-state index contributed by atoms with van der Waals surface area (Å²) in [4.78, 5) is 17.4. The Morgan fingerprint density at radius 3 is 3.11 bits per heavy atom. The molecular weight excluding hydrogens is 232 g/mol. The van der Waals surface area contributed by atoms with Crippen LogP contribution in [-0.4, -0.2) is 51.1 Å². The van der Waals surface area contributed by atoms with Crippen LogP contribution in [0, 0.1) is 0 Å². The second-order valence-corrected chi connectivity index (χ2v) is 4.55. The van der Waals surface area contributed by atoms with Gasteiger partial charge in [0.2, 0.25) is 11.8 Å². The molecular formula is C11H16N6O. The molecule has 2 aromatic heterocycles. The van der Waals surface area contributed by atoms with E-state index in [9.17, 15) is 0 Å². The van der Waals surface area contributed by atoms with E-state index in [0.717, 1.165) is 12.6 Å². The third kappa shape index (κ3) is 2.21. The van der Waals surface area contributed by atoms with E-state index in [1.165, 1.54) is 12.8 Å². The maximum absolute atomic E-state index is 5.66. The van der Waals surface area contributed by atoms with Crippen LogP contribution in [0.1, 0.15) is 12.8 Å². The van der Waals surface area contributed by atoms with Gasteiger partial charge in [-0.2, -0.15) is 9.97 Å². The molecule has 18 heavy (non-hydrogen) atoms. The van der Waals surface area contributed by atoms with E-state index < -0.39 is 0 Å². The van der Waals surface area contributed by atoms with E-state index >= 15 is 0 Å². The number of hydrogen-bond donors (Lipinski definition) is 2. The van der Waals surface area contributed by atoms with Crippen LogP contribution in [0.5, 0.6) is 5.88 Å². The first-order valence-electron chi connectivity index (χ1n) is 6.03. The predicted octanol–water partition coefficient (Wildman–Crippen LogP) is 0.408. The molecule has 1 fully saturated rings. The van der Waals surface area contributed by atoms with Crippen LogP contribution < -0.4 is 10.5 Å². The van der Waals surface area contributed by atoms with Crippen LogP contribution >= 0.6 is 0 Å². The first-order valence-corrected chi connectivity index (χ1v) is 6.03. The number of hydrogen-bond acceptors (Lipinski definition) is 6. The van der Waals surface area contributed by atoms with Crippen LogP contribution in [0.25, 0.3) is 11.2 Å². The molecule has 3 rings (SSSR count). The van der Waals surface area contributed by atoms with Gasteiger partial charge >= 0.3 is 0 Å². The van der Waals surface area contributed by atoms with Gasteiger partial charge in [0, 0.05) is 12.6 Å². The van der Waals surface area contributed by atoms with Crippen molar-refractivity contribution in [3.63, 3.8) is 0 Å². The maximum atomic E-state index is 5.66. The summed E-state index contributed by atoms with van der Waals surface area (Å²) in [5.74, 6) is 0.652. The quantitative estimate of drug-likeness (QED) is 0.796. The molecule has 1 aliphatic carbocycles. The van der Waals surface area contributed by atoms with Gasteiger partial charge in [-0.1, -0.05) is 0 Å². The summed E-state index contributed by atoms with van der Waals surface area (Å²) < 4.78 is 5.66. The van der Waals surface area contributed by atoms with Crippen molar-refractivity contribution in [1.29, 1.82) is 0 Å². The molecule has 0 spiro atoms. The van der Waals surface area contributed by atoms with Gasteiger partial charge in [0.05, 0.1) is 6.33 Å². The number of ether oxygens (including phenoxy) is 1. The highest BCUT2D eigenvalue weighted by atomic mass is 16.5. The largest absolute Gasteiger partial charge is 0.475 e. The van der Waals surface area contributed by atoms with Gasteiger partial charge in [-0.15, -0.1) is 0 Å². The average molecular weight is 248 g/mol. The minimum absolute atomic E-state index is 0.181. The summed E-state index contributed by atoms with van der Waals surface area (Å²) in [6.07, 6.45) is 4.14. The number of fused-ring (bicyclic) bond motifs is 1. The number of rotatable bonds is 5. The Hall–Kier alpha value is -1.89. The van der Waals surface area contributed by atoms with Gasteiger partial charge in [0.25, 0.3) is 0 Å². The summed E-state index contributed by atoms with van der Waals surface area (Å²) in [5, 5.41) is 0. The molecule has 96 valence electrons. The van der Waals surface area contributed by atoms with Gasteiger partial charge in [-0.3, -0.25) is 0 Å². The van der Waals surface area contributed by atoms with Gasteiger partial charge < -0.3 is 20.4 Å². The minimum Gasteiger partial charge on any atom is -0.475 e. The van der Waals surface area contributed by atoms with Crippen LogP contribution in [0.3, 0.4) is 0 Å². The van der Waals surface area contributed by atoms with Crippen molar-refractivity contribution in [2.24, 2.45) is 0 Å². The fourth-order valence-electron chi connectivity index (χ4n) is 1.91. The van der Waals surface area contributed by atoms with Crippen LogP contribution in [-0.2, 0) is 0 Å². The molecule has 0 radical (unpaired) electrons. The second-order valence-electron chi connectivity index (χ2n) is 4.55. The molecule has 1 aliphatic rings. The van der Waals surface area contributed by atoms with E-state index in [1.807, 2.05) is 0 Å². The Balaban J connectivity index is 1.67. The molecule has 3 N–H and O–H groups in total. The summed E-state index contributed by atoms with van der Waals surface area (Å²) in [6.45, 7) is 1.46. The lowest BCUT2D eigenvalue weighted by Gasteiger charge is -2.15. The Bertz CT molecular complexity index is 549. The number of nitrogens with zero attached hydrogens (tertiary/aromatic N) is 4. The van der Waals surface area contributed by atoms with Gasteiger partial charge in [-0.25, -0.2) is 4.98 Å². The van der Waals surface area contributed by atoms with Crippen LogP contribution in [0.15, 0.2) is 6.33 Å². The highest BCUT2D eigenvalue weighted by Gasteiger charge is 2.25. The van der Waals surface area contributed by atoms with Crippen molar-refractivity contribution in [3.05, 3.63) is 6.33 Å². The first kappa shape index (κ1) is 11.2. The van der Waals surface area contributed by atoms with Crippen LogP contribution in [0.2, 0.25) is 0 Å². The standard InChI is InChI=1S/C11H16N6O/c1-17(7-2-3-7)4-5-18-10-8-9(14-6-13-8)15-11(12)16-10/h6-7H,2-5H2,1H3,(H3,12,13,14,15,16). The minimum atomic E-state index is 0.181. The SMILES string of the molecule is CN(CCOc1nc(N)nc2nc[nH]c12)C1CC1. The predicted molar refractivity (Wildman–Crippen MR) is 67.2 cm³/mol. The summed E-state index contributed by atoms with van der Waals surface area (Å²) >= 11 is 0. The number of anilines is 1. The number of nitrogens with one attached hydrogen (secondary N) is 1. The number of nitrogen functional groups attached to an aromatic ring is 1. The molecule has 0 unspecified atom stereocenters. The maximum Gasteiger partial charge on any atom is 0.245 e. The Labute approximate surface area is 104 Å². The normalized spacial score (nSPS) is 15.4. The molecule has 0 amide bonds. The molecule has 0 atom stereocenters. The Morgan fingerprint density at radius 1 is 1.50 bits per heavy atom. The zero-order valence-corrected chi connectivity index (χ0v) is 10.3.